The topological polar surface area (TPSA) is 40.6 Å². The summed E-state index contributed by atoms with van der Waals surface area (Å²) < 4.78 is 0. The lowest BCUT2D eigenvalue weighted by molar-refractivity contribution is -0.149. The molecule has 0 aliphatic heterocycles. The van der Waals surface area contributed by atoms with E-state index in [0.29, 0.717) is 12.5 Å². The summed E-state index contributed by atoms with van der Waals surface area (Å²) >= 11 is 0. The Balaban J connectivity index is 4.18. The van der Waals surface area contributed by atoms with Crippen LogP contribution < -0.4 is 0 Å². The molecule has 0 fully saturated rings. The van der Waals surface area contributed by atoms with Crippen molar-refractivity contribution in [1.29, 1.82) is 0 Å². The Morgan fingerprint density at radius 2 is 1.54 bits per heavy atom. The molecule has 0 unspecified atom stereocenters. The summed E-state index contributed by atoms with van der Waals surface area (Å²) in [6.07, 6.45) is 0. The van der Waals surface area contributed by atoms with Crippen molar-refractivity contribution in [1.82, 2.24) is 9.80 Å². The summed E-state index contributed by atoms with van der Waals surface area (Å²) in [5.74, 6) is -0.536. The average molecular weight is 186 g/mol. The van der Waals surface area contributed by atoms with E-state index in [1.807, 2.05) is 13.8 Å². The molecular weight excluding hydrogens is 168 g/mol. The molecule has 0 aromatic heterocycles. The minimum absolute atomic E-state index is 0.379. The second-order valence-corrected chi connectivity index (χ2v) is 3.78. The van der Waals surface area contributed by atoms with Crippen LogP contribution in [0.3, 0.4) is 0 Å². The average Bonchev–Trinajstić information content (AvgIpc) is 2.00. The van der Waals surface area contributed by atoms with E-state index in [9.17, 15) is 9.59 Å². The van der Waals surface area contributed by atoms with Gasteiger partial charge >= 0.3 is 11.8 Å². The third-order valence-electron chi connectivity index (χ3n) is 1.57. The van der Waals surface area contributed by atoms with Crippen LogP contribution in [0, 0.1) is 5.92 Å². The monoisotopic (exact) mass is 186 g/mol. The summed E-state index contributed by atoms with van der Waals surface area (Å²) in [5.41, 5.74) is 0. The van der Waals surface area contributed by atoms with Crippen molar-refractivity contribution >= 4 is 11.8 Å². The number of likely N-dealkylation sites (N-methyl/N-ethyl adjacent to an activating group) is 2. The van der Waals surface area contributed by atoms with Crippen molar-refractivity contribution in [3.05, 3.63) is 0 Å². The van der Waals surface area contributed by atoms with E-state index < -0.39 is 11.8 Å². The number of hydrogen-bond acceptors (Lipinski definition) is 2. The van der Waals surface area contributed by atoms with Gasteiger partial charge in [0.2, 0.25) is 0 Å². The molecule has 4 nitrogen and oxygen atoms in total. The Bertz CT molecular complexity index is 200. The lowest BCUT2D eigenvalue weighted by Crippen LogP contribution is -2.41. The van der Waals surface area contributed by atoms with E-state index in [0.717, 1.165) is 0 Å². The van der Waals surface area contributed by atoms with Gasteiger partial charge in [0.05, 0.1) is 0 Å². The van der Waals surface area contributed by atoms with Crippen LogP contribution in [0.15, 0.2) is 0 Å². The van der Waals surface area contributed by atoms with Crippen LogP contribution in [0.1, 0.15) is 13.8 Å². The van der Waals surface area contributed by atoms with Crippen molar-refractivity contribution in [3.63, 3.8) is 0 Å². The summed E-state index contributed by atoms with van der Waals surface area (Å²) in [4.78, 5) is 25.3. The van der Waals surface area contributed by atoms with E-state index in [2.05, 4.69) is 0 Å². The van der Waals surface area contributed by atoms with Crippen LogP contribution in [0.4, 0.5) is 0 Å². The SMILES string of the molecule is CC(C)CN(C)C(=O)C(=O)N(C)C. The summed E-state index contributed by atoms with van der Waals surface area (Å²) in [6.45, 7) is 4.62. The molecule has 0 spiro atoms. The van der Waals surface area contributed by atoms with Gasteiger partial charge in [-0.2, -0.15) is 0 Å². The predicted molar refractivity (Wildman–Crippen MR) is 51.2 cm³/mol. The first kappa shape index (κ1) is 11.9. The van der Waals surface area contributed by atoms with Crippen molar-refractivity contribution < 1.29 is 9.59 Å². The minimum Gasteiger partial charge on any atom is -0.341 e. The number of nitrogens with zero attached hydrogens (tertiary/aromatic N) is 2. The molecule has 0 radical (unpaired) electrons. The predicted octanol–water partition coefficient (Wildman–Crippen LogP) is 0.189. The van der Waals surface area contributed by atoms with Crippen LogP contribution in [0.25, 0.3) is 0 Å². The van der Waals surface area contributed by atoms with Crippen molar-refractivity contribution in [2.75, 3.05) is 27.7 Å². The molecule has 0 saturated carbocycles. The maximum Gasteiger partial charge on any atom is 0.311 e. The fourth-order valence-electron chi connectivity index (χ4n) is 0.985. The molecule has 0 aromatic rings. The third-order valence-corrected chi connectivity index (χ3v) is 1.57. The highest BCUT2D eigenvalue weighted by Crippen LogP contribution is 1.97. The summed E-state index contributed by atoms with van der Waals surface area (Å²) in [5, 5.41) is 0. The molecule has 0 aromatic carbocycles. The van der Waals surface area contributed by atoms with Gasteiger partial charge in [-0.1, -0.05) is 13.8 Å². The second-order valence-electron chi connectivity index (χ2n) is 3.78. The van der Waals surface area contributed by atoms with E-state index in [-0.39, 0.29) is 0 Å². The summed E-state index contributed by atoms with van der Waals surface area (Å²) in [6, 6.07) is 0. The molecule has 0 bridgehead atoms. The number of rotatable bonds is 2. The van der Waals surface area contributed by atoms with Gasteiger partial charge in [0, 0.05) is 27.7 Å². The molecule has 0 heterocycles. The molecule has 76 valence electrons. The Morgan fingerprint density at radius 1 is 1.08 bits per heavy atom. The van der Waals surface area contributed by atoms with Crippen LogP contribution in [-0.4, -0.2) is 49.3 Å². The van der Waals surface area contributed by atoms with Crippen LogP contribution in [0.5, 0.6) is 0 Å². The molecule has 0 aliphatic rings. The van der Waals surface area contributed by atoms with E-state index in [4.69, 9.17) is 0 Å². The maximum absolute atomic E-state index is 11.4. The molecule has 0 rings (SSSR count). The quantitative estimate of drug-likeness (QED) is 0.578. The van der Waals surface area contributed by atoms with Gasteiger partial charge < -0.3 is 9.80 Å². The van der Waals surface area contributed by atoms with Crippen LogP contribution in [0.2, 0.25) is 0 Å². The molecule has 0 aliphatic carbocycles. The summed E-state index contributed by atoms with van der Waals surface area (Å²) in [7, 11) is 4.79. The molecule has 0 saturated heterocycles. The van der Waals surface area contributed by atoms with Gasteiger partial charge in [-0.25, -0.2) is 0 Å². The third kappa shape index (κ3) is 3.92. The number of carbonyl (C=O) groups excluding carboxylic acids is 2. The Hall–Kier alpha value is -1.06. The number of carbonyl (C=O) groups is 2. The van der Waals surface area contributed by atoms with E-state index >= 15 is 0 Å². The number of hydrogen-bond donors (Lipinski definition) is 0. The zero-order chi connectivity index (χ0) is 10.6. The van der Waals surface area contributed by atoms with Gasteiger partial charge in [-0.05, 0) is 5.92 Å². The highest BCUT2D eigenvalue weighted by molar-refractivity contribution is 6.34. The molecule has 4 heteroatoms. The largest absolute Gasteiger partial charge is 0.341 e. The van der Waals surface area contributed by atoms with Gasteiger partial charge in [0.1, 0.15) is 0 Å². The zero-order valence-corrected chi connectivity index (χ0v) is 9.00. The number of amides is 2. The van der Waals surface area contributed by atoms with E-state index in [1.165, 1.54) is 9.80 Å². The fraction of sp³-hybridized carbons (Fsp3) is 0.778. The standard InChI is InChI=1S/C9H18N2O2/c1-7(2)6-11(5)9(13)8(12)10(3)4/h7H,6H2,1-5H3. The fourth-order valence-corrected chi connectivity index (χ4v) is 0.985. The molecular formula is C9H18N2O2. The van der Waals surface area contributed by atoms with E-state index in [1.54, 1.807) is 21.1 Å². The lowest BCUT2D eigenvalue weighted by atomic mass is 10.2. The van der Waals surface area contributed by atoms with Gasteiger partial charge in [-0.3, -0.25) is 9.59 Å². The van der Waals surface area contributed by atoms with Crippen LogP contribution in [-0.2, 0) is 9.59 Å². The first-order chi connectivity index (χ1) is 5.86. The zero-order valence-electron chi connectivity index (χ0n) is 9.00. The van der Waals surface area contributed by atoms with Crippen molar-refractivity contribution in [3.8, 4) is 0 Å². The minimum atomic E-state index is -0.469. The Morgan fingerprint density at radius 3 is 1.85 bits per heavy atom. The normalized spacial score (nSPS) is 10.0. The maximum atomic E-state index is 11.4. The van der Waals surface area contributed by atoms with Crippen molar-refractivity contribution in [2.45, 2.75) is 13.8 Å². The lowest BCUT2D eigenvalue weighted by Gasteiger charge is -2.20. The Kier molecular flexibility index (Phi) is 4.45. The highest BCUT2D eigenvalue weighted by atomic mass is 16.2. The van der Waals surface area contributed by atoms with Crippen molar-refractivity contribution in [2.24, 2.45) is 5.92 Å². The smallest absolute Gasteiger partial charge is 0.311 e. The second kappa shape index (κ2) is 4.84. The molecule has 0 atom stereocenters. The highest BCUT2D eigenvalue weighted by Gasteiger charge is 2.20. The molecule has 2 amide bonds. The van der Waals surface area contributed by atoms with Gasteiger partial charge in [0.15, 0.2) is 0 Å². The van der Waals surface area contributed by atoms with Crippen LogP contribution >= 0.6 is 0 Å². The van der Waals surface area contributed by atoms with Gasteiger partial charge in [-0.15, -0.1) is 0 Å². The van der Waals surface area contributed by atoms with Gasteiger partial charge in [0.25, 0.3) is 0 Å². The first-order valence-corrected chi connectivity index (χ1v) is 4.33. The molecule has 13 heavy (non-hydrogen) atoms. The first-order valence-electron chi connectivity index (χ1n) is 4.33. The molecule has 0 N–H and O–H groups in total. The Labute approximate surface area is 79.5 Å².